The Hall–Kier alpha value is -2.48. The van der Waals surface area contributed by atoms with E-state index in [4.69, 9.17) is 0 Å². The second-order valence-corrected chi connectivity index (χ2v) is 6.99. The summed E-state index contributed by atoms with van der Waals surface area (Å²) in [5.41, 5.74) is -0.815. The van der Waals surface area contributed by atoms with Crippen LogP contribution in [-0.4, -0.2) is 36.1 Å². The fourth-order valence-electron chi connectivity index (χ4n) is 2.45. The first-order valence-electron chi connectivity index (χ1n) is 8.17. The second-order valence-electron chi connectivity index (χ2n) is 5.68. The zero-order chi connectivity index (χ0) is 20.0. The predicted molar refractivity (Wildman–Crippen MR) is 99.9 cm³/mol. The summed E-state index contributed by atoms with van der Waals surface area (Å²) in [5.74, 6) is -0.295. The van der Waals surface area contributed by atoms with Crippen molar-refractivity contribution in [3.05, 3.63) is 59.7 Å². The molecular weight excluding hydrogens is 377 g/mol. The molecule has 2 amide bonds. The molecule has 0 saturated carbocycles. The minimum absolute atomic E-state index is 0.335. The van der Waals surface area contributed by atoms with E-state index in [1.54, 1.807) is 12.1 Å². The molecule has 2 aromatic rings. The first kappa shape index (κ1) is 20.8. The summed E-state index contributed by atoms with van der Waals surface area (Å²) in [4.78, 5) is 26.8. The van der Waals surface area contributed by atoms with Gasteiger partial charge in [0, 0.05) is 11.9 Å². The van der Waals surface area contributed by atoms with Gasteiger partial charge in [-0.3, -0.25) is 9.59 Å². The van der Waals surface area contributed by atoms with Crippen molar-refractivity contribution in [2.45, 2.75) is 18.0 Å². The number of benzene rings is 2. The van der Waals surface area contributed by atoms with E-state index < -0.39 is 17.6 Å². The molecule has 4 nitrogen and oxygen atoms in total. The van der Waals surface area contributed by atoms with Gasteiger partial charge in [-0.05, 0) is 30.0 Å². The van der Waals surface area contributed by atoms with Crippen molar-refractivity contribution in [3.8, 4) is 0 Å². The number of carbonyl (C=O) groups excluding carboxylic acids is 2. The second kappa shape index (κ2) is 8.94. The molecule has 8 heteroatoms. The molecule has 0 aromatic heterocycles. The molecule has 0 radical (unpaired) electrons. The van der Waals surface area contributed by atoms with Crippen molar-refractivity contribution < 1.29 is 22.8 Å². The Bertz CT molecular complexity index is 825. The topological polar surface area (TPSA) is 49.4 Å². The van der Waals surface area contributed by atoms with Crippen LogP contribution >= 0.6 is 11.8 Å². The maximum atomic E-state index is 13.0. The number of hydrogen-bond donors (Lipinski definition) is 1. The van der Waals surface area contributed by atoms with Gasteiger partial charge in [-0.1, -0.05) is 31.2 Å². The van der Waals surface area contributed by atoms with E-state index >= 15 is 0 Å². The minimum Gasteiger partial charge on any atom is -0.332 e. The molecular formula is C19H19F3N2O2S. The quantitative estimate of drug-likeness (QED) is 0.730. The van der Waals surface area contributed by atoms with Gasteiger partial charge in [0.25, 0.3) is 5.91 Å². The fourth-order valence-corrected chi connectivity index (χ4v) is 3.24. The largest absolute Gasteiger partial charge is 0.418 e. The first-order valence-corrected chi connectivity index (χ1v) is 9.16. The molecule has 27 heavy (non-hydrogen) atoms. The number of likely N-dealkylation sites (N-methyl/N-ethyl adjacent to an activating group) is 1. The number of rotatable bonds is 6. The van der Waals surface area contributed by atoms with Gasteiger partial charge in [-0.25, -0.2) is 0 Å². The van der Waals surface area contributed by atoms with Crippen LogP contribution in [0.15, 0.2) is 53.4 Å². The Kier molecular flexibility index (Phi) is 6.90. The van der Waals surface area contributed by atoms with Gasteiger partial charge >= 0.3 is 6.18 Å². The van der Waals surface area contributed by atoms with Crippen LogP contribution in [0.2, 0.25) is 0 Å². The van der Waals surface area contributed by atoms with E-state index in [2.05, 4.69) is 5.32 Å². The van der Waals surface area contributed by atoms with Crippen LogP contribution in [-0.2, 0) is 11.0 Å². The normalized spacial score (nSPS) is 11.1. The monoisotopic (exact) mass is 396 g/mol. The van der Waals surface area contributed by atoms with Gasteiger partial charge in [-0.2, -0.15) is 13.2 Å². The summed E-state index contributed by atoms with van der Waals surface area (Å²) in [6.45, 7) is 1.59. The zero-order valence-electron chi connectivity index (χ0n) is 14.8. The Morgan fingerprint density at radius 1 is 1.07 bits per heavy atom. The summed E-state index contributed by atoms with van der Waals surface area (Å²) in [6.07, 6.45) is -4.58. The van der Waals surface area contributed by atoms with Gasteiger partial charge in [0.15, 0.2) is 0 Å². The Morgan fingerprint density at radius 2 is 1.70 bits per heavy atom. The summed E-state index contributed by atoms with van der Waals surface area (Å²) >= 11 is 1.50. The molecule has 0 fully saturated rings. The molecule has 0 aliphatic rings. The van der Waals surface area contributed by atoms with Crippen LogP contribution in [0, 0.1) is 0 Å². The van der Waals surface area contributed by atoms with E-state index in [0.29, 0.717) is 5.56 Å². The highest BCUT2D eigenvalue weighted by molar-refractivity contribution is 7.99. The number of para-hydroxylation sites is 1. The molecule has 0 bridgehead atoms. The van der Waals surface area contributed by atoms with Gasteiger partial charge < -0.3 is 10.2 Å². The molecule has 0 unspecified atom stereocenters. The molecule has 0 atom stereocenters. The van der Waals surface area contributed by atoms with Crippen molar-refractivity contribution in [1.82, 2.24) is 4.90 Å². The summed E-state index contributed by atoms with van der Waals surface area (Å²) < 4.78 is 39.0. The van der Waals surface area contributed by atoms with Crippen molar-refractivity contribution in [2.75, 3.05) is 24.7 Å². The molecule has 144 valence electrons. The van der Waals surface area contributed by atoms with Gasteiger partial charge in [0.2, 0.25) is 5.91 Å². The summed E-state index contributed by atoms with van der Waals surface area (Å²) in [5, 5.41) is 2.24. The lowest BCUT2D eigenvalue weighted by molar-refractivity contribution is -0.137. The SMILES string of the molecule is CCSc1ccccc1C(=O)N(C)CC(=O)Nc1ccccc1C(F)(F)F. The third-order valence-corrected chi connectivity index (χ3v) is 4.61. The molecule has 0 heterocycles. The number of alkyl halides is 3. The number of nitrogens with zero attached hydrogens (tertiary/aromatic N) is 1. The third kappa shape index (κ3) is 5.50. The molecule has 0 aliphatic carbocycles. The number of hydrogen-bond acceptors (Lipinski definition) is 3. The molecule has 0 spiro atoms. The van der Waals surface area contributed by atoms with Crippen LogP contribution in [0.5, 0.6) is 0 Å². The molecule has 2 aromatic carbocycles. The highest BCUT2D eigenvalue weighted by atomic mass is 32.2. The number of halogens is 3. The number of thioether (sulfide) groups is 1. The zero-order valence-corrected chi connectivity index (χ0v) is 15.7. The lowest BCUT2D eigenvalue weighted by atomic mass is 10.1. The lowest BCUT2D eigenvalue weighted by Gasteiger charge is -2.19. The third-order valence-electron chi connectivity index (χ3n) is 3.65. The summed E-state index contributed by atoms with van der Waals surface area (Å²) in [7, 11) is 1.44. The Labute approximate surface area is 159 Å². The Morgan fingerprint density at radius 3 is 2.37 bits per heavy atom. The molecule has 1 N–H and O–H groups in total. The van der Waals surface area contributed by atoms with E-state index in [0.717, 1.165) is 16.7 Å². The fraction of sp³-hybridized carbons (Fsp3) is 0.263. The highest BCUT2D eigenvalue weighted by Gasteiger charge is 2.33. The number of nitrogens with one attached hydrogen (secondary N) is 1. The van der Waals surface area contributed by atoms with Crippen molar-refractivity contribution in [2.24, 2.45) is 0 Å². The molecule has 2 rings (SSSR count). The van der Waals surface area contributed by atoms with Crippen LogP contribution in [0.1, 0.15) is 22.8 Å². The van der Waals surface area contributed by atoms with Crippen molar-refractivity contribution in [3.63, 3.8) is 0 Å². The molecule has 0 aliphatic heterocycles. The maximum absolute atomic E-state index is 13.0. The van der Waals surface area contributed by atoms with Gasteiger partial charge in [-0.15, -0.1) is 11.8 Å². The van der Waals surface area contributed by atoms with Crippen molar-refractivity contribution in [1.29, 1.82) is 0 Å². The van der Waals surface area contributed by atoms with E-state index in [1.807, 2.05) is 19.1 Å². The van der Waals surface area contributed by atoms with Crippen LogP contribution in [0.25, 0.3) is 0 Å². The van der Waals surface area contributed by atoms with Gasteiger partial charge in [0.05, 0.1) is 23.4 Å². The first-order chi connectivity index (χ1) is 12.7. The predicted octanol–water partition coefficient (Wildman–Crippen LogP) is 4.53. The standard InChI is InChI=1S/C19H19F3N2O2S/c1-3-27-16-11-7-4-8-13(16)18(26)24(2)12-17(25)23-15-10-6-5-9-14(15)19(20,21)22/h4-11H,3,12H2,1-2H3,(H,23,25). The van der Waals surface area contributed by atoms with E-state index in [-0.39, 0.29) is 18.1 Å². The highest BCUT2D eigenvalue weighted by Crippen LogP contribution is 2.34. The van der Waals surface area contributed by atoms with Crippen LogP contribution in [0.4, 0.5) is 18.9 Å². The number of carbonyl (C=O) groups is 2. The van der Waals surface area contributed by atoms with Gasteiger partial charge in [0.1, 0.15) is 0 Å². The average Bonchev–Trinajstić information content (AvgIpc) is 2.61. The maximum Gasteiger partial charge on any atom is 0.418 e. The Balaban J connectivity index is 2.10. The molecule has 0 saturated heterocycles. The van der Waals surface area contributed by atoms with Crippen molar-refractivity contribution >= 4 is 29.3 Å². The number of amides is 2. The van der Waals surface area contributed by atoms with E-state index in [1.165, 1.54) is 41.9 Å². The van der Waals surface area contributed by atoms with E-state index in [9.17, 15) is 22.8 Å². The van der Waals surface area contributed by atoms with Crippen LogP contribution < -0.4 is 5.32 Å². The van der Waals surface area contributed by atoms with Crippen LogP contribution in [0.3, 0.4) is 0 Å². The lowest BCUT2D eigenvalue weighted by Crippen LogP contribution is -2.35. The summed E-state index contributed by atoms with van der Waals surface area (Å²) in [6, 6.07) is 11.7. The minimum atomic E-state index is -4.58. The number of anilines is 1. The smallest absolute Gasteiger partial charge is 0.332 e. The average molecular weight is 396 g/mol.